The molecule has 2 heterocycles. The highest BCUT2D eigenvalue weighted by Gasteiger charge is 2.19. The van der Waals surface area contributed by atoms with Gasteiger partial charge in [0.25, 0.3) is 31.9 Å². The molecule has 0 unspecified atom stereocenters. The second kappa shape index (κ2) is 8.50. The molecule has 0 spiro atoms. The topological polar surface area (TPSA) is 126 Å². The van der Waals surface area contributed by atoms with Gasteiger partial charge in [-0.1, -0.05) is 0 Å². The average Bonchev–Trinajstić information content (AvgIpc) is 3.04. The van der Waals surface area contributed by atoms with Crippen molar-refractivity contribution >= 4 is 20.2 Å². The van der Waals surface area contributed by atoms with Gasteiger partial charge in [0.05, 0.1) is 24.6 Å². The van der Waals surface area contributed by atoms with E-state index >= 15 is 0 Å². The molecule has 0 saturated heterocycles. The fourth-order valence-corrected chi connectivity index (χ4v) is 3.84. The average molecular weight is 423 g/mol. The molecule has 0 aliphatic rings. The van der Waals surface area contributed by atoms with Crippen LogP contribution in [0.25, 0.3) is 0 Å². The molecule has 2 aromatic rings. The lowest BCUT2D eigenvalue weighted by molar-refractivity contribution is -0.917. The fraction of sp³-hybridized carbons (Fsp3) is 0.600. The van der Waals surface area contributed by atoms with Crippen LogP contribution in [-0.2, 0) is 40.0 Å². The third kappa shape index (κ3) is 6.72. The van der Waals surface area contributed by atoms with Crippen LogP contribution >= 0.6 is 0 Å². The van der Waals surface area contributed by atoms with Crippen LogP contribution < -0.4 is 9.13 Å². The van der Waals surface area contributed by atoms with Gasteiger partial charge in [0.15, 0.2) is 0 Å². The van der Waals surface area contributed by atoms with Crippen molar-refractivity contribution < 1.29 is 35.1 Å². The molecule has 0 aliphatic carbocycles. The Morgan fingerprint density at radius 1 is 0.815 bits per heavy atom. The van der Waals surface area contributed by atoms with Crippen molar-refractivity contribution in [3.63, 3.8) is 0 Å². The summed E-state index contributed by atoms with van der Waals surface area (Å²) in [5.41, 5.74) is 0. The molecule has 0 saturated carbocycles. The Balaban J connectivity index is 1.99. The molecule has 0 radical (unpaired) electrons. The van der Waals surface area contributed by atoms with Crippen molar-refractivity contribution in [2.75, 3.05) is 11.5 Å². The van der Waals surface area contributed by atoms with Crippen molar-refractivity contribution in [1.29, 1.82) is 0 Å². The van der Waals surface area contributed by atoms with E-state index in [0.717, 1.165) is 11.6 Å². The monoisotopic (exact) mass is 422 g/mol. The van der Waals surface area contributed by atoms with Gasteiger partial charge in [-0.15, -0.1) is 0 Å². The van der Waals surface area contributed by atoms with Gasteiger partial charge in [-0.2, -0.15) is 26.0 Å². The van der Waals surface area contributed by atoms with Crippen LogP contribution in [0.3, 0.4) is 0 Å². The Bertz CT molecular complexity index is 911. The van der Waals surface area contributed by atoms with Crippen LogP contribution in [-0.4, -0.2) is 46.6 Å². The van der Waals surface area contributed by atoms with E-state index in [4.69, 9.17) is 9.11 Å². The first kappa shape index (κ1) is 21.5. The van der Waals surface area contributed by atoms with E-state index in [-0.39, 0.29) is 11.5 Å². The molecule has 2 rings (SSSR count). The zero-order valence-corrected chi connectivity index (χ0v) is 17.0. The minimum atomic E-state index is -3.95. The number of nitrogens with zero attached hydrogens (tertiary/aromatic N) is 4. The molecule has 0 aromatic carbocycles. The summed E-state index contributed by atoms with van der Waals surface area (Å²) in [4.78, 5) is 0. The molecule has 0 fully saturated rings. The molecular weight excluding hydrogens is 396 g/mol. The number of aromatic nitrogens is 4. The highest BCUT2D eigenvalue weighted by molar-refractivity contribution is 7.86. The molecule has 10 nitrogen and oxygen atoms in total. The van der Waals surface area contributed by atoms with Crippen LogP contribution in [0, 0.1) is 13.8 Å². The summed E-state index contributed by atoms with van der Waals surface area (Å²) in [6.07, 6.45) is 8.15. The number of rotatable bonds is 10. The maximum absolute atomic E-state index is 10.8. The van der Waals surface area contributed by atoms with Crippen LogP contribution in [0.1, 0.15) is 24.5 Å². The van der Waals surface area contributed by atoms with Gasteiger partial charge in [0, 0.05) is 26.7 Å². The quantitative estimate of drug-likeness (QED) is 0.394. The highest BCUT2D eigenvalue weighted by Crippen LogP contribution is 2.00. The number of imidazole rings is 2. The summed E-state index contributed by atoms with van der Waals surface area (Å²) in [5.74, 6) is 1.34. The van der Waals surface area contributed by atoms with E-state index in [1.54, 1.807) is 0 Å². The van der Waals surface area contributed by atoms with Gasteiger partial charge >= 0.3 is 0 Å². The first-order valence-corrected chi connectivity index (χ1v) is 11.7. The molecule has 2 aromatic heterocycles. The highest BCUT2D eigenvalue weighted by atomic mass is 32.2. The number of aryl methyl sites for hydroxylation is 2. The Hall–Kier alpha value is -1.76. The molecular formula is C15H26N4O6S2+2. The van der Waals surface area contributed by atoms with Gasteiger partial charge < -0.3 is 0 Å². The normalized spacial score (nSPS) is 12.6. The van der Waals surface area contributed by atoms with Crippen LogP contribution in [0.4, 0.5) is 0 Å². The second-order valence-corrected chi connectivity index (χ2v) is 9.58. The third-order valence-electron chi connectivity index (χ3n) is 4.42. The Kier molecular flexibility index (Phi) is 6.78. The maximum atomic E-state index is 10.8. The van der Waals surface area contributed by atoms with Crippen LogP contribution in [0.15, 0.2) is 24.8 Å². The van der Waals surface area contributed by atoms with E-state index in [9.17, 15) is 16.8 Å². The lowest BCUT2D eigenvalue weighted by Crippen LogP contribution is -2.53. The molecule has 0 aliphatic heterocycles. The summed E-state index contributed by atoms with van der Waals surface area (Å²) < 4.78 is 68.7. The van der Waals surface area contributed by atoms with Gasteiger partial charge in [0.2, 0.25) is 6.67 Å². The third-order valence-corrected chi connectivity index (χ3v) is 6.03. The first-order chi connectivity index (χ1) is 12.5. The van der Waals surface area contributed by atoms with Gasteiger partial charge in [0.1, 0.15) is 24.8 Å². The minimum absolute atomic E-state index is 0.273. The minimum Gasteiger partial charge on any atom is -0.286 e. The Morgan fingerprint density at radius 2 is 1.19 bits per heavy atom. The summed E-state index contributed by atoms with van der Waals surface area (Å²) in [5, 5.41) is 0. The smallest absolute Gasteiger partial charge is 0.265 e. The van der Waals surface area contributed by atoms with E-state index in [2.05, 4.69) is 0 Å². The standard InChI is InChI=1S/C15H24N4O6S2/c1-14-16(5-3-11-26(20,21)22)7-9-18(14)13-19-10-8-17(15(19)2)6-4-12-27(23,24)25/h7-10H,3-6,11-13H2,1-2H3/p+2. The first-order valence-electron chi connectivity index (χ1n) is 8.47. The molecule has 152 valence electrons. The lowest BCUT2D eigenvalue weighted by atomic mass is 10.4. The Labute approximate surface area is 159 Å². The van der Waals surface area contributed by atoms with Crippen molar-refractivity contribution in [3.05, 3.63) is 36.4 Å². The zero-order valence-electron chi connectivity index (χ0n) is 15.4. The molecule has 27 heavy (non-hydrogen) atoms. The number of hydrogen-bond donors (Lipinski definition) is 2. The molecule has 0 amide bonds. The predicted molar refractivity (Wildman–Crippen MR) is 96.2 cm³/mol. The van der Waals surface area contributed by atoms with E-state index in [0.29, 0.717) is 32.6 Å². The van der Waals surface area contributed by atoms with Crippen molar-refractivity contribution in [1.82, 2.24) is 9.13 Å². The molecule has 2 N–H and O–H groups in total. The lowest BCUT2D eigenvalue weighted by Gasteiger charge is -2.02. The molecule has 0 atom stereocenters. The van der Waals surface area contributed by atoms with E-state index in [1.807, 2.05) is 56.9 Å². The predicted octanol–water partition coefficient (Wildman–Crippen LogP) is -0.457. The largest absolute Gasteiger partial charge is 0.286 e. The summed E-state index contributed by atoms with van der Waals surface area (Å²) >= 11 is 0. The number of hydrogen-bond acceptors (Lipinski definition) is 4. The van der Waals surface area contributed by atoms with Crippen molar-refractivity contribution in [3.8, 4) is 0 Å². The second-order valence-electron chi connectivity index (χ2n) is 6.44. The molecule has 12 heteroatoms. The SMILES string of the molecule is Cc1n(CCCS(=O)(=O)O)cc[n+]1C[n+]1ccn(CCCS(=O)(=O)O)c1C. The maximum Gasteiger partial charge on any atom is 0.265 e. The van der Waals surface area contributed by atoms with E-state index < -0.39 is 20.2 Å². The summed E-state index contributed by atoms with van der Waals surface area (Å²) in [6.45, 7) is 5.37. The Morgan fingerprint density at radius 3 is 1.52 bits per heavy atom. The van der Waals surface area contributed by atoms with Crippen molar-refractivity contribution in [2.24, 2.45) is 0 Å². The van der Waals surface area contributed by atoms with E-state index in [1.165, 1.54) is 0 Å². The molecule has 0 bridgehead atoms. The fourth-order valence-electron chi connectivity index (χ4n) is 2.85. The van der Waals surface area contributed by atoms with Crippen LogP contribution in [0.5, 0.6) is 0 Å². The van der Waals surface area contributed by atoms with Crippen molar-refractivity contribution in [2.45, 2.75) is 46.4 Å². The van der Waals surface area contributed by atoms with Crippen LogP contribution in [0.2, 0.25) is 0 Å². The van der Waals surface area contributed by atoms with Gasteiger partial charge in [-0.25, -0.2) is 9.13 Å². The summed E-state index contributed by atoms with van der Waals surface area (Å²) in [7, 11) is -7.90. The zero-order chi connectivity index (χ0) is 20.2. The van der Waals surface area contributed by atoms with Gasteiger partial charge in [-0.3, -0.25) is 9.11 Å². The van der Waals surface area contributed by atoms with Gasteiger partial charge in [-0.05, 0) is 0 Å². The summed E-state index contributed by atoms with van der Waals surface area (Å²) in [6, 6.07) is 0.